The first kappa shape index (κ1) is 12.1. The van der Waals surface area contributed by atoms with Gasteiger partial charge >= 0.3 is 5.97 Å². The number of hydrogen-bond donors (Lipinski definition) is 1. The zero-order chi connectivity index (χ0) is 12.3. The number of carboxylic acid groups (broad SMARTS) is 1. The third-order valence-corrected chi connectivity index (χ3v) is 3.56. The summed E-state index contributed by atoms with van der Waals surface area (Å²) in [5.41, 5.74) is 1.46. The highest BCUT2D eigenvalue weighted by Gasteiger charge is 2.22. The molecular formula is C14H18O3. The molecule has 0 aromatic heterocycles. The van der Waals surface area contributed by atoms with E-state index in [-0.39, 0.29) is 0 Å². The van der Waals surface area contributed by atoms with Gasteiger partial charge in [0.25, 0.3) is 0 Å². The lowest BCUT2D eigenvalue weighted by Gasteiger charge is -2.28. The maximum Gasteiger partial charge on any atom is 0.335 e. The van der Waals surface area contributed by atoms with Crippen molar-refractivity contribution in [2.75, 3.05) is 13.2 Å². The second-order valence-electron chi connectivity index (χ2n) is 4.70. The van der Waals surface area contributed by atoms with Gasteiger partial charge in [0, 0.05) is 13.2 Å². The van der Waals surface area contributed by atoms with Crippen molar-refractivity contribution in [3.05, 3.63) is 35.4 Å². The molecule has 1 heterocycles. The summed E-state index contributed by atoms with van der Waals surface area (Å²) in [5.74, 6) is 0.00124. The van der Waals surface area contributed by atoms with Crippen LogP contribution in [0.2, 0.25) is 0 Å². The van der Waals surface area contributed by atoms with E-state index >= 15 is 0 Å². The Labute approximate surface area is 101 Å². The van der Waals surface area contributed by atoms with Crippen molar-refractivity contribution in [2.45, 2.75) is 25.7 Å². The van der Waals surface area contributed by atoms with E-state index in [1.165, 1.54) is 6.42 Å². The summed E-state index contributed by atoms with van der Waals surface area (Å²) < 4.78 is 5.49. The first-order chi connectivity index (χ1) is 8.18. The van der Waals surface area contributed by atoms with E-state index in [1.54, 1.807) is 12.1 Å². The van der Waals surface area contributed by atoms with Crippen LogP contribution in [0.1, 0.15) is 41.6 Å². The third kappa shape index (κ3) is 2.86. The Morgan fingerprint density at radius 1 is 1.53 bits per heavy atom. The second kappa shape index (κ2) is 5.32. The van der Waals surface area contributed by atoms with E-state index in [1.807, 2.05) is 12.1 Å². The van der Waals surface area contributed by atoms with Crippen molar-refractivity contribution in [2.24, 2.45) is 5.92 Å². The van der Waals surface area contributed by atoms with Crippen molar-refractivity contribution >= 4 is 5.97 Å². The van der Waals surface area contributed by atoms with E-state index in [9.17, 15) is 4.79 Å². The molecule has 17 heavy (non-hydrogen) atoms. The zero-order valence-electron chi connectivity index (χ0n) is 10.1. The van der Waals surface area contributed by atoms with Gasteiger partial charge in [-0.2, -0.15) is 0 Å². The normalized spacial score (nSPS) is 22.1. The van der Waals surface area contributed by atoms with Gasteiger partial charge in [-0.1, -0.05) is 19.1 Å². The molecule has 0 bridgehead atoms. The third-order valence-electron chi connectivity index (χ3n) is 3.56. The number of carboxylic acids is 1. The molecule has 0 radical (unpaired) electrons. The van der Waals surface area contributed by atoms with Gasteiger partial charge < -0.3 is 9.84 Å². The van der Waals surface area contributed by atoms with Crippen LogP contribution in [0.25, 0.3) is 0 Å². The molecular weight excluding hydrogens is 216 g/mol. The monoisotopic (exact) mass is 234 g/mol. The van der Waals surface area contributed by atoms with Gasteiger partial charge in [-0.15, -0.1) is 0 Å². The molecule has 3 heteroatoms. The summed E-state index contributed by atoms with van der Waals surface area (Å²) in [5, 5.41) is 8.98. The summed E-state index contributed by atoms with van der Waals surface area (Å²) in [6.45, 7) is 3.80. The van der Waals surface area contributed by atoms with E-state index in [0.717, 1.165) is 25.2 Å². The maximum atomic E-state index is 10.9. The number of aromatic carboxylic acids is 1. The summed E-state index contributed by atoms with van der Waals surface area (Å²) in [7, 11) is 0. The predicted molar refractivity (Wildman–Crippen MR) is 65.4 cm³/mol. The first-order valence-corrected chi connectivity index (χ1v) is 6.09. The SMILES string of the molecule is CC(c1cccc(C(=O)O)c1)C1CCCOC1. The fourth-order valence-corrected chi connectivity index (χ4v) is 2.39. The Balaban J connectivity index is 2.14. The van der Waals surface area contributed by atoms with E-state index in [0.29, 0.717) is 17.4 Å². The molecule has 0 amide bonds. The van der Waals surface area contributed by atoms with Gasteiger partial charge in [-0.25, -0.2) is 4.79 Å². The Hall–Kier alpha value is -1.35. The zero-order valence-corrected chi connectivity index (χ0v) is 10.1. The van der Waals surface area contributed by atoms with Crippen LogP contribution in [0.15, 0.2) is 24.3 Å². The van der Waals surface area contributed by atoms with Crippen LogP contribution in [0.5, 0.6) is 0 Å². The minimum absolute atomic E-state index is 0.356. The quantitative estimate of drug-likeness (QED) is 0.874. The molecule has 3 nitrogen and oxygen atoms in total. The Bertz CT molecular complexity index is 394. The summed E-state index contributed by atoms with van der Waals surface area (Å²) in [6.07, 6.45) is 2.27. The van der Waals surface area contributed by atoms with Crippen LogP contribution in [0.3, 0.4) is 0 Å². The highest BCUT2D eigenvalue weighted by molar-refractivity contribution is 5.87. The molecule has 1 saturated heterocycles. The summed E-state index contributed by atoms with van der Waals surface area (Å²) in [4.78, 5) is 10.9. The van der Waals surface area contributed by atoms with E-state index in [2.05, 4.69) is 6.92 Å². The van der Waals surface area contributed by atoms with Crippen molar-refractivity contribution in [1.82, 2.24) is 0 Å². The Morgan fingerprint density at radius 3 is 3.00 bits per heavy atom. The molecule has 1 aromatic rings. The molecule has 1 N–H and O–H groups in total. The van der Waals surface area contributed by atoms with Gasteiger partial charge in [0.2, 0.25) is 0 Å². The predicted octanol–water partition coefficient (Wildman–Crippen LogP) is 2.91. The smallest absolute Gasteiger partial charge is 0.335 e. The highest BCUT2D eigenvalue weighted by atomic mass is 16.5. The maximum absolute atomic E-state index is 10.9. The van der Waals surface area contributed by atoms with Gasteiger partial charge in [0.15, 0.2) is 0 Å². The minimum atomic E-state index is -0.862. The number of carbonyl (C=O) groups is 1. The molecule has 1 aromatic carbocycles. The topological polar surface area (TPSA) is 46.5 Å². The van der Waals surface area contributed by atoms with Gasteiger partial charge in [-0.3, -0.25) is 0 Å². The van der Waals surface area contributed by atoms with Crippen LogP contribution in [0, 0.1) is 5.92 Å². The van der Waals surface area contributed by atoms with E-state index in [4.69, 9.17) is 9.84 Å². The van der Waals surface area contributed by atoms with Crippen molar-refractivity contribution < 1.29 is 14.6 Å². The summed E-state index contributed by atoms with van der Waals surface area (Å²) in [6, 6.07) is 7.24. The standard InChI is InChI=1S/C14H18O3/c1-10(13-6-3-7-17-9-13)11-4-2-5-12(8-11)14(15)16/h2,4-5,8,10,13H,3,6-7,9H2,1H3,(H,15,16). The van der Waals surface area contributed by atoms with Crippen LogP contribution in [0.4, 0.5) is 0 Å². The lowest BCUT2D eigenvalue weighted by atomic mass is 9.84. The molecule has 1 aliphatic rings. The van der Waals surface area contributed by atoms with Crippen LogP contribution in [-0.2, 0) is 4.74 Å². The lowest BCUT2D eigenvalue weighted by molar-refractivity contribution is 0.0463. The average molecular weight is 234 g/mol. The fraction of sp³-hybridized carbons (Fsp3) is 0.500. The molecule has 1 fully saturated rings. The molecule has 2 atom stereocenters. The number of rotatable bonds is 3. The molecule has 2 unspecified atom stereocenters. The molecule has 0 saturated carbocycles. The molecule has 0 aliphatic carbocycles. The van der Waals surface area contributed by atoms with Crippen molar-refractivity contribution in [3.63, 3.8) is 0 Å². The van der Waals surface area contributed by atoms with Gasteiger partial charge in [-0.05, 0) is 42.4 Å². The largest absolute Gasteiger partial charge is 0.478 e. The van der Waals surface area contributed by atoms with Gasteiger partial charge in [0.05, 0.1) is 5.56 Å². The van der Waals surface area contributed by atoms with Crippen molar-refractivity contribution in [3.8, 4) is 0 Å². The average Bonchev–Trinajstić information content (AvgIpc) is 2.39. The first-order valence-electron chi connectivity index (χ1n) is 6.09. The molecule has 2 rings (SSSR count). The van der Waals surface area contributed by atoms with E-state index < -0.39 is 5.97 Å². The second-order valence-corrected chi connectivity index (χ2v) is 4.70. The Morgan fingerprint density at radius 2 is 2.35 bits per heavy atom. The minimum Gasteiger partial charge on any atom is -0.478 e. The number of hydrogen-bond acceptors (Lipinski definition) is 2. The molecule has 0 spiro atoms. The van der Waals surface area contributed by atoms with Crippen molar-refractivity contribution in [1.29, 1.82) is 0 Å². The van der Waals surface area contributed by atoms with Crippen LogP contribution < -0.4 is 0 Å². The van der Waals surface area contributed by atoms with Gasteiger partial charge in [0.1, 0.15) is 0 Å². The highest BCUT2D eigenvalue weighted by Crippen LogP contribution is 2.30. The fourth-order valence-electron chi connectivity index (χ4n) is 2.39. The molecule has 1 aliphatic heterocycles. The van der Waals surface area contributed by atoms with Crippen LogP contribution in [-0.4, -0.2) is 24.3 Å². The summed E-state index contributed by atoms with van der Waals surface area (Å²) >= 11 is 0. The number of ether oxygens (including phenoxy) is 1. The Kier molecular flexibility index (Phi) is 3.79. The molecule has 92 valence electrons. The number of benzene rings is 1. The lowest BCUT2D eigenvalue weighted by Crippen LogP contribution is -2.22. The van der Waals surface area contributed by atoms with Crippen LogP contribution >= 0.6 is 0 Å².